The molecule has 0 aromatic heterocycles. The first kappa shape index (κ1) is 10.5. The molecule has 1 atom stereocenters. The minimum absolute atomic E-state index is 0.224. The Balaban J connectivity index is 2.53. The number of carbonyl (C=O) groups excluding carboxylic acids is 1. The first-order valence-corrected chi connectivity index (χ1v) is 4.33. The maximum Gasteiger partial charge on any atom is 0.404 e. The molecule has 0 saturated carbocycles. The summed E-state index contributed by atoms with van der Waals surface area (Å²) in [4.78, 5) is 10.4. The normalized spacial score (nSPS) is 12.1. The highest BCUT2D eigenvalue weighted by Crippen LogP contribution is 2.05. The van der Waals surface area contributed by atoms with Crippen LogP contribution in [0.15, 0.2) is 30.3 Å². The smallest absolute Gasteiger partial charge is 0.404 e. The third-order valence-corrected chi connectivity index (χ3v) is 1.79. The zero-order valence-electron chi connectivity index (χ0n) is 7.72. The fraction of sp³-hybridized carbons (Fsp3) is 0.300. The largest absolute Gasteiger partial charge is 0.444 e. The van der Waals surface area contributed by atoms with Crippen molar-refractivity contribution in [2.45, 2.75) is 12.5 Å². The summed E-state index contributed by atoms with van der Waals surface area (Å²) < 4.78 is 4.69. The van der Waals surface area contributed by atoms with Crippen LogP contribution in [0.4, 0.5) is 4.79 Å². The van der Waals surface area contributed by atoms with Gasteiger partial charge in [0, 0.05) is 6.42 Å². The molecule has 14 heavy (non-hydrogen) atoms. The fourth-order valence-electron chi connectivity index (χ4n) is 1.18. The van der Waals surface area contributed by atoms with Gasteiger partial charge in [-0.25, -0.2) is 4.79 Å². The molecule has 0 heterocycles. The second-order valence-electron chi connectivity index (χ2n) is 2.93. The number of hydrogen-bond acceptors (Lipinski definition) is 3. The van der Waals surface area contributed by atoms with Gasteiger partial charge in [-0.05, 0) is 5.56 Å². The van der Waals surface area contributed by atoms with E-state index in [0.717, 1.165) is 5.56 Å². The van der Waals surface area contributed by atoms with Gasteiger partial charge < -0.3 is 15.6 Å². The van der Waals surface area contributed by atoms with Crippen LogP contribution in [0.5, 0.6) is 0 Å². The van der Waals surface area contributed by atoms with E-state index in [2.05, 4.69) is 0 Å². The first-order chi connectivity index (χ1) is 6.72. The molecule has 0 saturated heterocycles. The summed E-state index contributed by atoms with van der Waals surface area (Å²) in [6.45, 7) is -0.224. The lowest BCUT2D eigenvalue weighted by atomic mass is 10.1. The lowest BCUT2D eigenvalue weighted by Crippen LogP contribution is -2.27. The molecule has 1 unspecified atom stereocenters. The summed E-state index contributed by atoms with van der Waals surface area (Å²) in [5.41, 5.74) is 5.84. The Labute approximate surface area is 82.3 Å². The predicted molar refractivity (Wildman–Crippen MR) is 51.7 cm³/mol. The van der Waals surface area contributed by atoms with E-state index in [0.29, 0.717) is 6.42 Å². The lowest BCUT2D eigenvalue weighted by molar-refractivity contribution is 0.0639. The maximum absolute atomic E-state index is 10.4. The Morgan fingerprint density at radius 2 is 2.07 bits per heavy atom. The van der Waals surface area contributed by atoms with Crippen molar-refractivity contribution in [1.29, 1.82) is 0 Å². The molecule has 1 aromatic carbocycles. The van der Waals surface area contributed by atoms with Crippen molar-refractivity contribution in [2.24, 2.45) is 5.73 Å². The second-order valence-corrected chi connectivity index (χ2v) is 2.93. The first-order valence-electron chi connectivity index (χ1n) is 4.33. The van der Waals surface area contributed by atoms with Gasteiger partial charge in [-0.15, -0.1) is 0 Å². The van der Waals surface area contributed by atoms with Crippen molar-refractivity contribution in [3.8, 4) is 0 Å². The molecule has 3 N–H and O–H groups in total. The van der Waals surface area contributed by atoms with Crippen molar-refractivity contribution in [1.82, 2.24) is 0 Å². The minimum atomic E-state index is -0.861. The molecular formula is C10H13NO3. The maximum atomic E-state index is 10.4. The molecule has 0 fully saturated rings. The molecule has 4 heteroatoms. The van der Waals surface area contributed by atoms with Crippen molar-refractivity contribution < 1.29 is 14.6 Å². The van der Waals surface area contributed by atoms with E-state index in [4.69, 9.17) is 15.6 Å². The predicted octanol–water partition coefficient (Wildman–Crippen LogP) is 0.685. The van der Waals surface area contributed by atoms with Crippen LogP contribution in [-0.2, 0) is 11.2 Å². The number of primary amides is 1. The fourth-order valence-corrected chi connectivity index (χ4v) is 1.18. The second kappa shape index (κ2) is 5.24. The van der Waals surface area contributed by atoms with Crippen molar-refractivity contribution >= 4 is 6.09 Å². The molecule has 0 aliphatic carbocycles. The molecule has 0 aliphatic rings. The van der Waals surface area contributed by atoms with Gasteiger partial charge in [0.1, 0.15) is 6.10 Å². The van der Waals surface area contributed by atoms with E-state index in [1.54, 1.807) is 0 Å². The van der Waals surface area contributed by atoms with E-state index in [-0.39, 0.29) is 6.61 Å². The van der Waals surface area contributed by atoms with Gasteiger partial charge in [0.05, 0.1) is 6.61 Å². The Kier molecular flexibility index (Phi) is 3.94. The van der Waals surface area contributed by atoms with Crippen LogP contribution < -0.4 is 5.73 Å². The third-order valence-electron chi connectivity index (χ3n) is 1.79. The number of aliphatic hydroxyl groups excluding tert-OH is 1. The number of nitrogens with two attached hydrogens (primary N) is 1. The van der Waals surface area contributed by atoms with Crippen LogP contribution in [0, 0.1) is 0 Å². The number of rotatable bonds is 4. The average Bonchev–Trinajstić information content (AvgIpc) is 2.17. The SMILES string of the molecule is NC(=O)OC(CO)Cc1ccccc1. The Hall–Kier alpha value is -1.55. The van der Waals surface area contributed by atoms with Gasteiger partial charge in [-0.1, -0.05) is 30.3 Å². The highest BCUT2D eigenvalue weighted by atomic mass is 16.6. The van der Waals surface area contributed by atoms with Gasteiger partial charge in [0.15, 0.2) is 0 Å². The van der Waals surface area contributed by atoms with Gasteiger partial charge >= 0.3 is 6.09 Å². The summed E-state index contributed by atoms with van der Waals surface area (Å²) >= 11 is 0. The van der Waals surface area contributed by atoms with E-state index in [1.807, 2.05) is 30.3 Å². The van der Waals surface area contributed by atoms with E-state index in [9.17, 15) is 4.79 Å². The summed E-state index contributed by atoms with van der Waals surface area (Å²) in [6.07, 6.45) is -0.949. The van der Waals surface area contributed by atoms with Crippen LogP contribution in [-0.4, -0.2) is 23.9 Å². The van der Waals surface area contributed by atoms with Gasteiger partial charge in [-0.3, -0.25) is 0 Å². The Morgan fingerprint density at radius 1 is 1.43 bits per heavy atom. The number of ether oxygens (including phenoxy) is 1. The Bertz CT molecular complexity index is 287. The van der Waals surface area contributed by atoms with E-state index < -0.39 is 12.2 Å². The molecule has 1 rings (SSSR count). The summed E-state index contributed by atoms with van der Waals surface area (Å²) in [6, 6.07) is 9.45. The zero-order valence-corrected chi connectivity index (χ0v) is 7.72. The van der Waals surface area contributed by atoms with Crippen LogP contribution in [0.25, 0.3) is 0 Å². The molecular weight excluding hydrogens is 182 g/mol. The van der Waals surface area contributed by atoms with Gasteiger partial charge in [0.25, 0.3) is 0 Å². The minimum Gasteiger partial charge on any atom is -0.444 e. The lowest BCUT2D eigenvalue weighted by Gasteiger charge is -2.13. The standard InChI is InChI=1S/C10H13NO3/c11-10(13)14-9(7-12)6-8-4-2-1-3-5-8/h1-5,9,12H,6-7H2,(H2,11,13). The molecule has 4 nitrogen and oxygen atoms in total. The molecule has 1 aromatic rings. The molecule has 1 amide bonds. The Morgan fingerprint density at radius 3 is 2.57 bits per heavy atom. The molecule has 76 valence electrons. The molecule has 0 radical (unpaired) electrons. The third kappa shape index (κ3) is 3.45. The molecule has 0 spiro atoms. The summed E-state index contributed by atoms with van der Waals surface area (Å²) in [7, 11) is 0. The number of benzene rings is 1. The van der Waals surface area contributed by atoms with Crippen LogP contribution in [0.1, 0.15) is 5.56 Å². The quantitative estimate of drug-likeness (QED) is 0.742. The highest BCUT2D eigenvalue weighted by Gasteiger charge is 2.11. The van der Waals surface area contributed by atoms with E-state index in [1.165, 1.54) is 0 Å². The monoisotopic (exact) mass is 195 g/mol. The van der Waals surface area contributed by atoms with Crippen LogP contribution in [0.3, 0.4) is 0 Å². The van der Waals surface area contributed by atoms with E-state index >= 15 is 0 Å². The molecule has 0 bridgehead atoms. The summed E-state index contributed by atoms with van der Waals surface area (Å²) in [5, 5.41) is 8.90. The topological polar surface area (TPSA) is 72.6 Å². The number of aliphatic hydroxyl groups is 1. The number of amides is 1. The number of hydrogen-bond donors (Lipinski definition) is 2. The average molecular weight is 195 g/mol. The van der Waals surface area contributed by atoms with Gasteiger partial charge in [-0.2, -0.15) is 0 Å². The van der Waals surface area contributed by atoms with Crippen LogP contribution >= 0.6 is 0 Å². The highest BCUT2D eigenvalue weighted by molar-refractivity contribution is 5.64. The van der Waals surface area contributed by atoms with Crippen molar-refractivity contribution in [3.05, 3.63) is 35.9 Å². The summed E-state index contributed by atoms with van der Waals surface area (Å²) in [5.74, 6) is 0. The van der Waals surface area contributed by atoms with Crippen LogP contribution in [0.2, 0.25) is 0 Å². The molecule has 0 aliphatic heterocycles. The number of carbonyl (C=O) groups is 1. The van der Waals surface area contributed by atoms with Crippen molar-refractivity contribution in [2.75, 3.05) is 6.61 Å². The van der Waals surface area contributed by atoms with Crippen molar-refractivity contribution in [3.63, 3.8) is 0 Å². The zero-order chi connectivity index (χ0) is 10.4. The van der Waals surface area contributed by atoms with Gasteiger partial charge in [0.2, 0.25) is 0 Å².